The minimum absolute atomic E-state index is 0.0450. The van der Waals surface area contributed by atoms with Crippen molar-refractivity contribution in [2.75, 3.05) is 12.4 Å². The van der Waals surface area contributed by atoms with Gasteiger partial charge in [-0.2, -0.15) is 0 Å². The molecule has 0 saturated carbocycles. The lowest BCUT2D eigenvalue weighted by molar-refractivity contribution is -0.118. The van der Waals surface area contributed by atoms with Crippen LogP contribution in [-0.2, 0) is 17.8 Å². The van der Waals surface area contributed by atoms with Gasteiger partial charge in [-0.3, -0.25) is 9.36 Å². The van der Waals surface area contributed by atoms with E-state index in [1.165, 1.54) is 17.3 Å². The largest absolute Gasteiger partial charge is 0.494 e. The highest BCUT2D eigenvalue weighted by Gasteiger charge is 2.16. The Morgan fingerprint density at radius 2 is 1.68 bits per heavy atom. The summed E-state index contributed by atoms with van der Waals surface area (Å²) in [5.41, 5.74) is 4.36. The normalized spacial score (nSPS) is 10.8. The molecule has 0 radical (unpaired) electrons. The van der Waals surface area contributed by atoms with Gasteiger partial charge in [0.15, 0.2) is 5.16 Å². The van der Waals surface area contributed by atoms with Crippen molar-refractivity contribution in [3.8, 4) is 11.4 Å². The van der Waals surface area contributed by atoms with E-state index in [0.717, 1.165) is 28.4 Å². The second-order valence-corrected chi connectivity index (χ2v) is 8.82. The van der Waals surface area contributed by atoms with Gasteiger partial charge in [0.25, 0.3) is 0 Å². The van der Waals surface area contributed by atoms with Crippen LogP contribution in [0.4, 0.5) is 0 Å². The number of ether oxygens (including phenoxy) is 1. The number of amides is 1. The summed E-state index contributed by atoms with van der Waals surface area (Å²) >= 11 is 1.38. The fourth-order valence-corrected chi connectivity index (χ4v) is 4.29. The van der Waals surface area contributed by atoms with Crippen LogP contribution in [0.15, 0.2) is 84.0 Å². The van der Waals surface area contributed by atoms with Gasteiger partial charge in [0.05, 0.1) is 12.4 Å². The molecular formula is C27H28N4O2S. The molecule has 174 valence electrons. The molecule has 1 heterocycles. The molecule has 0 unspecified atom stereocenters. The van der Waals surface area contributed by atoms with E-state index in [9.17, 15) is 4.79 Å². The quantitative estimate of drug-likeness (QED) is 0.330. The first-order chi connectivity index (χ1) is 16.6. The molecule has 0 bridgehead atoms. The minimum Gasteiger partial charge on any atom is -0.494 e. The molecular weight excluding hydrogens is 444 g/mol. The Morgan fingerprint density at radius 3 is 2.38 bits per heavy atom. The predicted molar refractivity (Wildman–Crippen MR) is 136 cm³/mol. The van der Waals surface area contributed by atoms with E-state index in [4.69, 9.17) is 4.74 Å². The van der Waals surface area contributed by atoms with Gasteiger partial charge in [-0.25, -0.2) is 0 Å². The van der Waals surface area contributed by atoms with Gasteiger partial charge < -0.3 is 10.1 Å². The van der Waals surface area contributed by atoms with Crippen molar-refractivity contribution >= 4 is 17.7 Å². The third-order valence-corrected chi connectivity index (χ3v) is 6.18. The Hall–Kier alpha value is -3.58. The van der Waals surface area contributed by atoms with Crippen molar-refractivity contribution in [1.29, 1.82) is 0 Å². The first-order valence-corrected chi connectivity index (χ1v) is 12.3. The molecule has 6 nitrogen and oxygen atoms in total. The van der Waals surface area contributed by atoms with Crippen molar-refractivity contribution in [1.82, 2.24) is 20.1 Å². The number of nitrogens with one attached hydrogen (secondary N) is 1. The summed E-state index contributed by atoms with van der Waals surface area (Å²) in [4.78, 5) is 12.5. The molecule has 1 aromatic heterocycles. The lowest BCUT2D eigenvalue weighted by atomic mass is 10.1. The van der Waals surface area contributed by atoms with E-state index in [2.05, 4.69) is 27.6 Å². The minimum atomic E-state index is -0.0450. The molecule has 4 aromatic rings. The molecule has 0 saturated heterocycles. The molecule has 0 atom stereocenters. The molecule has 0 aliphatic heterocycles. The third kappa shape index (κ3) is 6.26. The molecule has 0 aliphatic rings. The number of carbonyl (C=O) groups excluding carboxylic acids is 1. The zero-order valence-electron chi connectivity index (χ0n) is 19.4. The van der Waals surface area contributed by atoms with Crippen LogP contribution >= 0.6 is 11.8 Å². The number of hydrogen-bond donors (Lipinski definition) is 1. The molecule has 7 heteroatoms. The number of thioether (sulfide) groups is 1. The van der Waals surface area contributed by atoms with E-state index in [-0.39, 0.29) is 11.7 Å². The smallest absolute Gasteiger partial charge is 0.230 e. The molecule has 3 aromatic carbocycles. The Balaban J connectivity index is 1.49. The molecule has 0 spiro atoms. The highest BCUT2D eigenvalue weighted by atomic mass is 32.2. The summed E-state index contributed by atoms with van der Waals surface area (Å²) in [6, 6.07) is 26.2. The molecule has 0 aliphatic carbocycles. The van der Waals surface area contributed by atoms with Crippen molar-refractivity contribution in [3.63, 3.8) is 0 Å². The summed E-state index contributed by atoms with van der Waals surface area (Å²) in [5, 5.41) is 12.5. The molecule has 34 heavy (non-hydrogen) atoms. The summed E-state index contributed by atoms with van der Waals surface area (Å²) in [5.74, 6) is 1.84. The predicted octanol–water partition coefficient (Wildman–Crippen LogP) is 4.97. The zero-order valence-corrected chi connectivity index (χ0v) is 20.2. The summed E-state index contributed by atoms with van der Waals surface area (Å²) in [6.07, 6.45) is 0.640. The highest BCUT2D eigenvalue weighted by Crippen LogP contribution is 2.25. The lowest BCUT2D eigenvalue weighted by Crippen LogP contribution is -2.24. The first-order valence-electron chi connectivity index (χ1n) is 11.3. The number of benzene rings is 3. The average Bonchev–Trinajstić information content (AvgIpc) is 3.26. The van der Waals surface area contributed by atoms with Crippen LogP contribution in [0, 0.1) is 6.92 Å². The van der Waals surface area contributed by atoms with E-state index >= 15 is 0 Å². The fourth-order valence-electron chi connectivity index (χ4n) is 3.49. The number of aryl methyl sites for hydroxylation is 1. The fraction of sp³-hybridized carbons (Fsp3) is 0.222. The summed E-state index contributed by atoms with van der Waals surface area (Å²) in [7, 11) is 0. The topological polar surface area (TPSA) is 69.0 Å². The van der Waals surface area contributed by atoms with E-state index < -0.39 is 0 Å². The van der Waals surface area contributed by atoms with Gasteiger partial charge in [-0.15, -0.1) is 10.2 Å². The Morgan fingerprint density at radius 1 is 0.941 bits per heavy atom. The van der Waals surface area contributed by atoms with Gasteiger partial charge in [0.1, 0.15) is 11.6 Å². The van der Waals surface area contributed by atoms with Crippen LogP contribution in [0.25, 0.3) is 5.69 Å². The second-order valence-electron chi connectivity index (χ2n) is 7.87. The van der Waals surface area contributed by atoms with Crippen LogP contribution in [0.3, 0.4) is 0 Å². The van der Waals surface area contributed by atoms with Crippen LogP contribution in [0.1, 0.15) is 29.4 Å². The lowest BCUT2D eigenvalue weighted by Gasteiger charge is -2.12. The number of rotatable bonds is 10. The van der Waals surface area contributed by atoms with E-state index in [1.54, 1.807) is 0 Å². The Kier molecular flexibility index (Phi) is 7.99. The van der Waals surface area contributed by atoms with Gasteiger partial charge >= 0.3 is 0 Å². The maximum absolute atomic E-state index is 12.5. The zero-order chi connectivity index (χ0) is 23.8. The molecule has 1 amide bonds. The number of aromatic nitrogens is 3. The molecule has 0 fully saturated rings. The Bertz CT molecular complexity index is 1210. The van der Waals surface area contributed by atoms with Crippen molar-refractivity contribution in [2.24, 2.45) is 0 Å². The van der Waals surface area contributed by atoms with E-state index in [1.807, 2.05) is 85.1 Å². The van der Waals surface area contributed by atoms with Gasteiger partial charge in [-0.05, 0) is 49.2 Å². The Labute approximate surface area is 204 Å². The first kappa shape index (κ1) is 23.6. The summed E-state index contributed by atoms with van der Waals surface area (Å²) in [6.45, 7) is 5.13. The number of hydrogen-bond acceptors (Lipinski definition) is 5. The maximum atomic E-state index is 12.5. The van der Waals surface area contributed by atoms with Crippen LogP contribution < -0.4 is 10.1 Å². The van der Waals surface area contributed by atoms with Gasteiger partial charge in [-0.1, -0.05) is 71.9 Å². The SMILES string of the molecule is CCOc1ccc(-n2c(Cc3ccccc3)nnc2SCC(=O)NCc2ccc(C)cc2)cc1. The third-order valence-electron chi connectivity index (χ3n) is 5.25. The van der Waals surface area contributed by atoms with Crippen molar-refractivity contribution < 1.29 is 9.53 Å². The maximum Gasteiger partial charge on any atom is 0.230 e. The van der Waals surface area contributed by atoms with Gasteiger partial charge in [0.2, 0.25) is 5.91 Å². The highest BCUT2D eigenvalue weighted by molar-refractivity contribution is 7.99. The van der Waals surface area contributed by atoms with Crippen LogP contribution in [0.2, 0.25) is 0 Å². The average molecular weight is 473 g/mol. The molecule has 1 N–H and O–H groups in total. The van der Waals surface area contributed by atoms with Crippen LogP contribution in [-0.4, -0.2) is 33.0 Å². The van der Waals surface area contributed by atoms with Crippen molar-refractivity contribution in [3.05, 3.63) is 101 Å². The van der Waals surface area contributed by atoms with E-state index in [0.29, 0.717) is 24.7 Å². The second kappa shape index (κ2) is 11.5. The standard InChI is InChI=1S/C27H28N4O2S/c1-3-33-24-15-13-23(14-16-24)31-25(17-21-7-5-4-6-8-21)29-30-27(31)34-19-26(32)28-18-22-11-9-20(2)10-12-22/h4-16H,3,17-19H2,1-2H3,(H,28,32). The van der Waals surface area contributed by atoms with Crippen molar-refractivity contribution in [2.45, 2.75) is 32.0 Å². The van der Waals surface area contributed by atoms with Crippen LogP contribution in [0.5, 0.6) is 5.75 Å². The number of carbonyl (C=O) groups is 1. The summed E-state index contributed by atoms with van der Waals surface area (Å²) < 4.78 is 7.60. The number of nitrogens with zero attached hydrogens (tertiary/aromatic N) is 3. The monoisotopic (exact) mass is 472 g/mol. The van der Waals surface area contributed by atoms with Gasteiger partial charge in [0, 0.05) is 18.7 Å². The molecule has 4 rings (SSSR count).